The largest absolute Gasteiger partial charge is 0.481 e. The van der Waals surface area contributed by atoms with Gasteiger partial charge in [0.15, 0.2) is 18.2 Å². The maximum atomic E-state index is 12.9. The summed E-state index contributed by atoms with van der Waals surface area (Å²) in [4.78, 5) is 38.6. The highest BCUT2D eigenvalue weighted by atomic mass is 32.2. The standard InChI is InChI=1S/C19H19FN2O4S/c1-12-6-14(9-21-8-12)19(26)22-16(7-18(24)25)17(23)11-27-10-13-2-4-15(20)5-3-13/h2-6,8-9,16H,7,10-11H2,1H3,(H,22,26)(H,24,25)/p+1/t16-/m0/s1. The number of pyridine rings is 1. The number of carbonyl (C=O) groups is 3. The first-order valence-corrected chi connectivity index (χ1v) is 9.36. The van der Waals surface area contributed by atoms with E-state index >= 15 is 0 Å². The van der Waals surface area contributed by atoms with Crippen molar-refractivity contribution in [2.24, 2.45) is 0 Å². The molecule has 0 fully saturated rings. The molecule has 0 radical (unpaired) electrons. The number of carboxylic acids is 1. The fourth-order valence-electron chi connectivity index (χ4n) is 2.33. The summed E-state index contributed by atoms with van der Waals surface area (Å²) in [6.45, 7) is 1.80. The first-order chi connectivity index (χ1) is 12.8. The number of ketones is 1. The van der Waals surface area contributed by atoms with Crippen LogP contribution in [0.3, 0.4) is 0 Å². The summed E-state index contributed by atoms with van der Waals surface area (Å²) in [5, 5.41) is 11.5. The summed E-state index contributed by atoms with van der Waals surface area (Å²) < 4.78 is 12.9. The van der Waals surface area contributed by atoms with E-state index in [1.807, 2.05) is 0 Å². The topological polar surface area (TPSA) is 97.6 Å². The molecule has 0 saturated heterocycles. The van der Waals surface area contributed by atoms with Crippen molar-refractivity contribution in [1.82, 2.24) is 5.32 Å². The van der Waals surface area contributed by atoms with Crippen LogP contribution in [0.1, 0.15) is 27.9 Å². The van der Waals surface area contributed by atoms with E-state index in [1.165, 1.54) is 30.1 Å². The van der Waals surface area contributed by atoms with Crippen LogP contribution in [-0.4, -0.2) is 34.6 Å². The van der Waals surface area contributed by atoms with Crippen molar-refractivity contribution in [3.8, 4) is 0 Å². The number of halogens is 1. The first kappa shape index (κ1) is 20.6. The van der Waals surface area contributed by atoms with Crippen molar-refractivity contribution in [3.63, 3.8) is 0 Å². The number of aryl methyl sites for hydroxylation is 1. The van der Waals surface area contributed by atoms with E-state index in [1.54, 1.807) is 31.3 Å². The van der Waals surface area contributed by atoms with Gasteiger partial charge < -0.3 is 10.4 Å². The van der Waals surface area contributed by atoms with Gasteiger partial charge in [0.2, 0.25) is 0 Å². The van der Waals surface area contributed by atoms with E-state index in [0.29, 0.717) is 11.3 Å². The molecular formula is C19H20FN2O4S+. The van der Waals surface area contributed by atoms with E-state index in [9.17, 15) is 18.8 Å². The molecule has 27 heavy (non-hydrogen) atoms. The molecule has 0 saturated carbocycles. The highest BCUT2D eigenvalue weighted by Gasteiger charge is 2.24. The fourth-order valence-corrected chi connectivity index (χ4v) is 3.27. The minimum absolute atomic E-state index is 0.0372. The van der Waals surface area contributed by atoms with Crippen LogP contribution >= 0.6 is 11.8 Å². The Kier molecular flexibility index (Phi) is 7.48. The number of aliphatic carboxylic acids is 1. The number of H-pyrrole nitrogens is 1. The molecule has 3 N–H and O–H groups in total. The summed E-state index contributed by atoms with van der Waals surface area (Å²) in [5.41, 5.74) is 2.00. The average Bonchev–Trinajstić information content (AvgIpc) is 2.62. The molecule has 1 aromatic carbocycles. The number of amides is 1. The molecule has 0 bridgehead atoms. The zero-order valence-corrected chi connectivity index (χ0v) is 15.5. The van der Waals surface area contributed by atoms with Crippen LogP contribution in [0.2, 0.25) is 0 Å². The van der Waals surface area contributed by atoms with Gasteiger partial charge in [0, 0.05) is 11.3 Å². The summed E-state index contributed by atoms with van der Waals surface area (Å²) in [7, 11) is 0. The van der Waals surface area contributed by atoms with E-state index in [2.05, 4.69) is 10.3 Å². The van der Waals surface area contributed by atoms with Gasteiger partial charge in [0.1, 0.15) is 11.4 Å². The minimum atomic E-state index is -1.17. The molecule has 1 aromatic heterocycles. The smallest absolute Gasteiger partial charge is 0.305 e. The quantitative estimate of drug-likeness (QED) is 0.682. The predicted molar refractivity (Wildman–Crippen MR) is 98.8 cm³/mol. The van der Waals surface area contributed by atoms with Crippen molar-refractivity contribution in [1.29, 1.82) is 0 Å². The van der Waals surface area contributed by atoms with E-state index in [-0.39, 0.29) is 17.4 Å². The summed E-state index contributed by atoms with van der Waals surface area (Å²) in [6.07, 6.45) is 2.70. The van der Waals surface area contributed by atoms with E-state index < -0.39 is 24.3 Å². The van der Waals surface area contributed by atoms with Gasteiger partial charge in [0.05, 0.1) is 18.2 Å². The number of benzene rings is 1. The second-order valence-electron chi connectivity index (χ2n) is 6.01. The molecular weight excluding hydrogens is 371 g/mol. The third kappa shape index (κ3) is 6.82. The number of nitrogens with one attached hydrogen (secondary N) is 2. The number of hydrogen-bond acceptors (Lipinski definition) is 4. The lowest BCUT2D eigenvalue weighted by molar-refractivity contribution is -0.378. The zero-order valence-electron chi connectivity index (χ0n) is 14.7. The minimum Gasteiger partial charge on any atom is -0.481 e. The van der Waals surface area contributed by atoms with Crippen molar-refractivity contribution < 1.29 is 28.9 Å². The van der Waals surface area contributed by atoms with Crippen LogP contribution in [0, 0.1) is 12.7 Å². The predicted octanol–water partition coefficient (Wildman–Crippen LogP) is 2.02. The van der Waals surface area contributed by atoms with Crippen molar-refractivity contribution in [2.75, 3.05) is 5.75 Å². The second kappa shape index (κ2) is 9.82. The molecule has 2 aromatic rings. The molecule has 0 unspecified atom stereocenters. The van der Waals surface area contributed by atoms with E-state index in [0.717, 1.165) is 11.1 Å². The number of rotatable bonds is 9. The van der Waals surface area contributed by atoms with Gasteiger partial charge in [-0.25, -0.2) is 9.37 Å². The SMILES string of the molecule is Cc1c[nH+]cc(C(=O)N[C@@H](CC(=O)O)C(=O)CSCc2ccc(F)cc2)c1. The van der Waals surface area contributed by atoms with Gasteiger partial charge in [-0.15, -0.1) is 11.8 Å². The lowest BCUT2D eigenvalue weighted by Gasteiger charge is -2.15. The molecule has 1 atom stereocenters. The highest BCUT2D eigenvalue weighted by Crippen LogP contribution is 2.14. The molecule has 8 heteroatoms. The van der Waals surface area contributed by atoms with Gasteiger partial charge in [-0.1, -0.05) is 12.1 Å². The zero-order chi connectivity index (χ0) is 19.8. The number of carboxylic acid groups (broad SMARTS) is 1. The lowest BCUT2D eigenvalue weighted by Crippen LogP contribution is -2.43. The Morgan fingerprint density at radius 2 is 1.93 bits per heavy atom. The van der Waals surface area contributed by atoms with Gasteiger partial charge in [0.25, 0.3) is 5.91 Å². The summed E-state index contributed by atoms with van der Waals surface area (Å²) >= 11 is 1.28. The number of aromatic amines is 1. The number of hydrogen-bond donors (Lipinski definition) is 2. The second-order valence-corrected chi connectivity index (χ2v) is 6.99. The normalized spacial score (nSPS) is 11.6. The maximum absolute atomic E-state index is 12.9. The van der Waals surface area contributed by atoms with Gasteiger partial charge in [-0.3, -0.25) is 14.4 Å². The van der Waals surface area contributed by atoms with E-state index in [4.69, 9.17) is 5.11 Å². The molecule has 0 aliphatic heterocycles. The molecule has 0 aliphatic rings. The maximum Gasteiger partial charge on any atom is 0.305 e. The molecule has 2 rings (SSSR count). The third-order valence-corrected chi connectivity index (χ3v) is 4.72. The molecule has 0 aliphatic carbocycles. The Hall–Kier alpha value is -2.74. The number of thioether (sulfide) groups is 1. The Labute approximate surface area is 160 Å². The fraction of sp³-hybridized carbons (Fsp3) is 0.263. The Balaban J connectivity index is 1.95. The van der Waals surface area contributed by atoms with Crippen molar-refractivity contribution in [2.45, 2.75) is 25.1 Å². The number of carbonyl (C=O) groups excluding carboxylic acids is 2. The molecule has 1 heterocycles. The van der Waals surface area contributed by atoms with Crippen LogP contribution in [0.4, 0.5) is 4.39 Å². The van der Waals surface area contributed by atoms with Crippen molar-refractivity contribution in [3.05, 3.63) is 65.2 Å². The highest BCUT2D eigenvalue weighted by molar-refractivity contribution is 7.99. The lowest BCUT2D eigenvalue weighted by atomic mass is 10.1. The number of Topliss-reactive ketones (excluding diaryl/α,β-unsaturated/α-hetero) is 1. The van der Waals surface area contributed by atoms with Crippen molar-refractivity contribution >= 4 is 29.4 Å². The average molecular weight is 391 g/mol. The van der Waals surface area contributed by atoms with Crippen LogP contribution in [-0.2, 0) is 15.3 Å². The van der Waals surface area contributed by atoms with Gasteiger partial charge >= 0.3 is 5.97 Å². The Bertz CT molecular complexity index is 827. The molecule has 6 nitrogen and oxygen atoms in total. The Morgan fingerprint density at radius 1 is 1.22 bits per heavy atom. The van der Waals surface area contributed by atoms with Gasteiger partial charge in [-0.2, -0.15) is 0 Å². The van der Waals surface area contributed by atoms with Crippen LogP contribution < -0.4 is 10.3 Å². The molecule has 0 spiro atoms. The monoisotopic (exact) mass is 391 g/mol. The number of aromatic nitrogens is 1. The third-order valence-electron chi connectivity index (χ3n) is 3.69. The Morgan fingerprint density at radius 3 is 2.56 bits per heavy atom. The molecule has 142 valence electrons. The molecule has 1 amide bonds. The first-order valence-electron chi connectivity index (χ1n) is 8.20. The summed E-state index contributed by atoms with van der Waals surface area (Å²) in [5.74, 6) is -1.89. The van der Waals surface area contributed by atoms with Crippen LogP contribution in [0.15, 0.2) is 42.7 Å². The van der Waals surface area contributed by atoms with Gasteiger partial charge in [-0.05, 0) is 30.7 Å². The van der Waals surface area contributed by atoms with Crippen LogP contribution in [0.5, 0.6) is 0 Å². The van der Waals surface area contributed by atoms with Crippen LogP contribution in [0.25, 0.3) is 0 Å². The summed E-state index contributed by atoms with van der Waals surface area (Å²) in [6, 6.07) is 6.44.